The fourth-order valence-electron chi connectivity index (χ4n) is 2.40. The van der Waals surface area contributed by atoms with Crippen molar-refractivity contribution in [3.63, 3.8) is 0 Å². The van der Waals surface area contributed by atoms with Gasteiger partial charge in [-0.2, -0.15) is 0 Å². The van der Waals surface area contributed by atoms with E-state index in [-0.39, 0.29) is 5.97 Å². The summed E-state index contributed by atoms with van der Waals surface area (Å²) in [5.41, 5.74) is 1.59. The molecular formula is C14H14O3. The highest BCUT2D eigenvalue weighted by atomic mass is 16.7. The van der Waals surface area contributed by atoms with Gasteiger partial charge in [0.25, 0.3) is 5.79 Å². The lowest BCUT2D eigenvalue weighted by molar-refractivity contribution is -0.221. The molecule has 17 heavy (non-hydrogen) atoms. The molecule has 1 aliphatic heterocycles. The van der Waals surface area contributed by atoms with E-state index in [2.05, 4.69) is 0 Å². The van der Waals surface area contributed by atoms with Gasteiger partial charge in [-0.15, -0.1) is 0 Å². The summed E-state index contributed by atoms with van der Waals surface area (Å²) in [7, 11) is 0. The van der Waals surface area contributed by atoms with Gasteiger partial charge in [-0.1, -0.05) is 30.3 Å². The normalized spacial score (nSPS) is 27.5. The Labute approximate surface area is 100 Å². The summed E-state index contributed by atoms with van der Waals surface area (Å²) < 4.78 is 11.3. The molecule has 1 aromatic carbocycles. The summed E-state index contributed by atoms with van der Waals surface area (Å²) in [6.07, 6.45) is 2.59. The molecule has 0 saturated heterocycles. The lowest BCUT2D eigenvalue weighted by atomic mass is 10.1. The van der Waals surface area contributed by atoms with Crippen LogP contribution in [0.25, 0.3) is 0 Å². The molecule has 3 heteroatoms. The maximum Gasteiger partial charge on any atom is 0.340 e. The molecule has 2 aliphatic rings. The molecule has 3 rings (SSSR count). The quantitative estimate of drug-likeness (QED) is 0.696. The molecule has 0 N–H and O–H groups in total. The van der Waals surface area contributed by atoms with Gasteiger partial charge in [0, 0.05) is 18.9 Å². The standard InChI is InChI=1S/C14H14O3/c1-14(10-6-3-2-4-7-10)16-12-9-5-8-11(12)13(15)17-14/h2-4,6-7H,5,8-9H2,1H3. The molecule has 0 amide bonds. The molecule has 1 unspecified atom stereocenters. The number of hydrogen-bond donors (Lipinski definition) is 0. The van der Waals surface area contributed by atoms with Crippen LogP contribution >= 0.6 is 0 Å². The van der Waals surface area contributed by atoms with E-state index in [1.807, 2.05) is 30.3 Å². The average Bonchev–Trinajstić information content (AvgIpc) is 2.78. The van der Waals surface area contributed by atoms with Crippen LogP contribution in [0.15, 0.2) is 41.7 Å². The van der Waals surface area contributed by atoms with Gasteiger partial charge in [0.15, 0.2) is 0 Å². The summed E-state index contributed by atoms with van der Waals surface area (Å²) in [4.78, 5) is 11.9. The van der Waals surface area contributed by atoms with Crippen LogP contribution in [0, 0.1) is 0 Å². The van der Waals surface area contributed by atoms with Crippen molar-refractivity contribution in [1.29, 1.82) is 0 Å². The van der Waals surface area contributed by atoms with Gasteiger partial charge in [-0.05, 0) is 12.8 Å². The van der Waals surface area contributed by atoms with Gasteiger partial charge in [-0.3, -0.25) is 0 Å². The van der Waals surface area contributed by atoms with Crippen molar-refractivity contribution in [2.75, 3.05) is 0 Å². The van der Waals surface area contributed by atoms with E-state index < -0.39 is 5.79 Å². The molecule has 0 fully saturated rings. The van der Waals surface area contributed by atoms with E-state index in [0.717, 1.165) is 36.2 Å². The zero-order chi connectivity index (χ0) is 11.9. The van der Waals surface area contributed by atoms with Crippen molar-refractivity contribution >= 4 is 5.97 Å². The lowest BCUT2D eigenvalue weighted by Gasteiger charge is -2.34. The SMILES string of the molecule is CC1(c2ccccc2)OC(=O)C2=C(CCC2)O1. The van der Waals surface area contributed by atoms with Gasteiger partial charge in [0.05, 0.1) is 5.57 Å². The summed E-state index contributed by atoms with van der Waals surface area (Å²) >= 11 is 0. The molecule has 0 bridgehead atoms. The molecular weight excluding hydrogens is 216 g/mol. The highest BCUT2D eigenvalue weighted by molar-refractivity contribution is 5.90. The molecule has 0 saturated carbocycles. The lowest BCUT2D eigenvalue weighted by Crippen LogP contribution is -2.36. The van der Waals surface area contributed by atoms with E-state index in [1.165, 1.54) is 0 Å². The van der Waals surface area contributed by atoms with Crippen LogP contribution in [0.4, 0.5) is 0 Å². The van der Waals surface area contributed by atoms with Crippen LogP contribution in [-0.2, 0) is 20.1 Å². The van der Waals surface area contributed by atoms with Gasteiger partial charge in [0.2, 0.25) is 0 Å². The van der Waals surface area contributed by atoms with Gasteiger partial charge >= 0.3 is 5.97 Å². The number of allylic oxidation sites excluding steroid dienone is 1. The second kappa shape index (κ2) is 3.62. The average molecular weight is 230 g/mol. The molecule has 1 aromatic rings. The number of ether oxygens (including phenoxy) is 2. The third-order valence-electron chi connectivity index (χ3n) is 3.32. The van der Waals surface area contributed by atoms with Crippen LogP contribution in [0.5, 0.6) is 0 Å². The first-order valence-corrected chi connectivity index (χ1v) is 5.89. The first kappa shape index (κ1) is 10.4. The summed E-state index contributed by atoms with van der Waals surface area (Å²) in [5, 5.41) is 0. The van der Waals surface area contributed by atoms with E-state index >= 15 is 0 Å². The monoisotopic (exact) mass is 230 g/mol. The van der Waals surface area contributed by atoms with Crippen molar-refractivity contribution in [3.05, 3.63) is 47.2 Å². The number of esters is 1. The van der Waals surface area contributed by atoms with E-state index in [4.69, 9.17) is 9.47 Å². The Morgan fingerprint density at radius 3 is 2.65 bits per heavy atom. The molecule has 1 heterocycles. The minimum absolute atomic E-state index is 0.227. The van der Waals surface area contributed by atoms with Crippen LogP contribution < -0.4 is 0 Å². The molecule has 88 valence electrons. The summed E-state index contributed by atoms with van der Waals surface area (Å²) in [6, 6.07) is 9.58. The summed E-state index contributed by atoms with van der Waals surface area (Å²) in [5.74, 6) is -0.385. The second-order valence-electron chi connectivity index (χ2n) is 4.56. The van der Waals surface area contributed by atoms with Crippen LogP contribution in [0.2, 0.25) is 0 Å². The van der Waals surface area contributed by atoms with Crippen LogP contribution in [0.3, 0.4) is 0 Å². The highest BCUT2D eigenvalue weighted by Crippen LogP contribution is 2.41. The number of cyclic esters (lactones) is 1. The molecule has 0 aromatic heterocycles. The van der Waals surface area contributed by atoms with Gasteiger partial charge in [0.1, 0.15) is 5.76 Å². The Morgan fingerprint density at radius 1 is 1.12 bits per heavy atom. The largest absolute Gasteiger partial charge is 0.452 e. The smallest absolute Gasteiger partial charge is 0.340 e. The predicted octanol–water partition coefficient (Wildman–Crippen LogP) is 2.87. The topological polar surface area (TPSA) is 35.5 Å². The number of rotatable bonds is 1. The Bertz CT molecular complexity index is 489. The minimum atomic E-state index is -0.971. The van der Waals surface area contributed by atoms with E-state index in [9.17, 15) is 4.79 Å². The summed E-state index contributed by atoms with van der Waals surface area (Å²) in [6.45, 7) is 1.79. The predicted molar refractivity (Wildman–Crippen MR) is 61.8 cm³/mol. The highest BCUT2D eigenvalue weighted by Gasteiger charge is 2.42. The minimum Gasteiger partial charge on any atom is -0.452 e. The zero-order valence-corrected chi connectivity index (χ0v) is 9.73. The van der Waals surface area contributed by atoms with Crippen molar-refractivity contribution in [1.82, 2.24) is 0 Å². The van der Waals surface area contributed by atoms with Crippen molar-refractivity contribution in [2.45, 2.75) is 32.0 Å². The van der Waals surface area contributed by atoms with Crippen molar-refractivity contribution < 1.29 is 14.3 Å². The first-order valence-electron chi connectivity index (χ1n) is 5.89. The van der Waals surface area contributed by atoms with Crippen LogP contribution in [0.1, 0.15) is 31.7 Å². The van der Waals surface area contributed by atoms with E-state index in [0.29, 0.717) is 0 Å². The van der Waals surface area contributed by atoms with Crippen molar-refractivity contribution in [3.8, 4) is 0 Å². The Kier molecular flexibility index (Phi) is 2.21. The molecule has 1 aliphatic carbocycles. The maximum atomic E-state index is 11.9. The Balaban J connectivity index is 1.99. The van der Waals surface area contributed by atoms with Crippen LogP contribution in [-0.4, -0.2) is 5.97 Å². The third-order valence-corrected chi connectivity index (χ3v) is 3.32. The Morgan fingerprint density at radius 2 is 1.88 bits per heavy atom. The second-order valence-corrected chi connectivity index (χ2v) is 4.56. The Hall–Kier alpha value is -1.77. The zero-order valence-electron chi connectivity index (χ0n) is 9.73. The number of carbonyl (C=O) groups is 1. The maximum absolute atomic E-state index is 11.9. The third kappa shape index (κ3) is 1.62. The van der Waals surface area contributed by atoms with E-state index in [1.54, 1.807) is 6.92 Å². The number of carbonyl (C=O) groups excluding carboxylic acids is 1. The molecule has 3 nitrogen and oxygen atoms in total. The number of benzene rings is 1. The molecule has 1 atom stereocenters. The fraction of sp³-hybridized carbons (Fsp3) is 0.357. The fourth-order valence-corrected chi connectivity index (χ4v) is 2.40. The van der Waals surface area contributed by atoms with Gasteiger partial charge < -0.3 is 9.47 Å². The first-order chi connectivity index (χ1) is 8.19. The van der Waals surface area contributed by atoms with Gasteiger partial charge in [-0.25, -0.2) is 4.79 Å². The molecule has 0 spiro atoms. The molecule has 0 radical (unpaired) electrons. The van der Waals surface area contributed by atoms with Crippen molar-refractivity contribution in [2.24, 2.45) is 0 Å². The number of hydrogen-bond acceptors (Lipinski definition) is 3.